The van der Waals surface area contributed by atoms with Gasteiger partial charge in [-0.3, -0.25) is 9.59 Å². The molecule has 1 heterocycles. The van der Waals surface area contributed by atoms with Crippen molar-refractivity contribution >= 4 is 17.8 Å². The van der Waals surface area contributed by atoms with E-state index in [1.807, 2.05) is 37.3 Å². The Balaban J connectivity index is 1.85. The van der Waals surface area contributed by atoms with E-state index in [0.717, 1.165) is 6.42 Å². The number of allylic oxidation sites excluding steroid dienone is 1. The fourth-order valence-electron chi connectivity index (χ4n) is 3.16. The Bertz CT molecular complexity index is 754. The zero-order valence-corrected chi connectivity index (χ0v) is 18.0. The van der Waals surface area contributed by atoms with Crippen LogP contribution in [0.3, 0.4) is 0 Å². The SMILES string of the molecule is CC[C@@H](/C=C/C(=O)N1Cc2ccccc2C1)CC(=O)[C@H](C)NC(=O)OC(C)(C)C. The lowest BCUT2D eigenvalue weighted by molar-refractivity contribution is -0.126. The fraction of sp³-hybridized carbons (Fsp3) is 0.522. The molecule has 1 aliphatic heterocycles. The summed E-state index contributed by atoms with van der Waals surface area (Å²) in [5.74, 6) is -0.195. The average molecular weight is 401 g/mol. The number of hydrogen-bond acceptors (Lipinski definition) is 4. The molecule has 0 radical (unpaired) electrons. The number of amides is 2. The number of hydrogen-bond donors (Lipinski definition) is 1. The van der Waals surface area contributed by atoms with Gasteiger partial charge in [-0.05, 0) is 57.2 Å². The molecule has 0 bridgehead atoms. The van der Waals surface area contributed by atoms with Crippen molar-refractivity contribution in [1.29, 1.82) is 0 Å². The Hall–Kier alpha value is -2.63. The number of benzene rings is 1. The van der Waals surface area contributed by atoms with Gasteiger partial charge in [0.1, 0.15) is 5.60 Å². The molecule has 0 fully saturated rings. The molecule has 0 aliphatic carbocycles. The Kier molecular flexibility index (Phi) is 7.59. The number of nitrogens with one attached hydrogen (secondary N) is 1. The third-order valence-electron chi connectivity index (χ3n) is 4.87. The van der Waals surface area contributed by atoms with Crippen LogP contribution >= 0.6 is 0 Å². The fourth-order valence-corrected chi connectivity index (χ4v) is 3.16. The Morgan fingerprint density at radius 3 is 2.28 bits per heavy atom. The maximum absolute atomic E-state index is 12.5. The van der Waals surface area contributed by atoms with Crippen molar-refractivity contribution in [3.8, 4) is 0 Å². The molecule has 1 aromatic rings. The summed E-state index contributed by atoms with van der Waals surface area (Å²) in [6, 6.07) is 7.40. The predicted molar refractivity (Wildman–Crippen MR) is 112 cm³/mol. The minimum absolute atomic E-state index is 0.0490. The molecular weight excluding hydrogens is 368 g/mol. The molecule has 29 heavy (non-hydrogen) atoms. The number of ketones is 1. The maximum atomic E-state index is 12.5. The third-order valence-corrected chi connectivity index (χ3v) is 4.87. The molecule has 1 N–H and O–H groups in total. The second-order valence-electron chi connectivity index (χ2n) is 8.53. The summed E-state index contributed by atoms with van der Waals surface area (Å²) in [4.78, 5) is 38.6. The summed E-state index contributed by atoms with van der Waals surface area (Å²) < 4.78 is 5.19. The number of ether oxygens (including phenoxy) is 1. The van der Waals surface area contributed by atoms with Crippen molar-refractivity contribution < 1.29 is 19.1 Å². The molecular formula is C23H32N2O4. The molecule has 158 valence electrons. The van der Waals surface area contributed by atoms with Crippen molar-refractivity contribution in [3.63, 3.8) is 0 Å². The van der Waals surface area contributed by atoms with Gasteiger partial charge >= 0.3 is 6.09 Å². The van der Waals surface area contributed by atoms with Crippen molar-refractivity contribution in [2.24, 2.45) is 5.92 Å². The second kappa shape index (κ2) is 9.72. The van der Waals surface area contributed by atoms with E-state index in [1.165, 1.54) is 11.1 Å². The summed E-state index contributed by atoms with van der Waals surface area (Å²) in [6.45, 7) is 10.2. The number of alkyl carbamates (subject to hydrolysis) is 1. The monoisotopic (exact) mass is 400 g/mol. The van der Waals surface area contributed by atoms with Gasteiger partial charge in [0, 0.05) is 19.5 Å². The van der Waals surface area contributed by atoms with Gasteiger partial charge in [0.05, 0.1) is 6.04 Å². The van der Waals surface area contributed by atoms with Crippen molar-refractivity contribution in [2.75, 3.05) is 0 Å². The van der Waals surface area contributed by atoms with Crippen LogP contribution in [0.1, 0.15) is 58.6 Å². The lowest BCUT2D eigenvalue weighted by atomic mass is 9.96. The summed E-state index contributed by atoms with van der Waals surface area (Å²) in [5, 5.41) is 2.58. The van der Waals surface area contributed by atoms with Gasteiger partial charge in [-0.25, -0.2) is 4.79 Å². The molecule has 0 saturated heterocycles. The first-order chi connectivity index (χ1) is 13.6. The van der Waals surface area contributed by atoms with Crippen LogP contribution in [0.5, 0.6) is 0 Å². The van der Waals surface area contributed by atoms with Crippen molar-refractivity contribution in [3.05, 3.63) is 47.5 Å². The van der Waals surface area contributed by atoms with Crippen molar-refractivity contribution in [1.82, 2.24) is 10.2 Å². The van der Waals surface area contributed by atoms with Crippen LogP contribution < -0.4 is 5.32 Å². The molecule has 1 aromatic carbocycles. The summed E-state index contributed by atoms with van der Waals surface area (Å²) >= 11 is 0. The summed E-state index contributed by atoms with van der Waals surface area (Å²) in [5.41, 5.74) is 1.74. The van der Waals surface area contributed by atoms with E-state index in [4.69, 9.17) is 4.74 Å². The smallest absolute Gasteiger partial charge is 0.408 e. The third kappa shape index (κ3) is 7.04. The number of Topliss-reactive ketones (excluding diaryl/α,β-unsaturated/α-hetero) is 1. The normalized spacial score (nSPS) is 15.7. The van der Waals surface area contributed by atoms with Gasteiger partial charge in [0.25, 0.3) is 0 Å². The Labute approximate surface area is 173 Å². The Morgan fingerprint density at radius 1 is 1.17 bits per heavy atom. The lowest BCUT2D eigenvalue weighted by Crippen LogP contribution is -2.42. The van der Waals surface area contributed by atoms with E-state index in [9.17, 15) is 14.4 Å². The van der Waals surface area contributed by atoms with Gasteiger partial charge in [0.15, 0.2) is 5.78 Å². The van der Waals surface area contributed by atoms with Crippen LogP contribution in [-0.4, -0.2) is 34.3 Å². The topological polar surface area (TPSA) is 75.7 Å². The molecule has 2 atom stereocenters. The molecule has 1 aliphatic rings. The molecule has 0 saturated carbocycles. The highest BCUT2D eigenvalue weighted by molar-refractivity contribution is 5.89. The molecule has 6 heteroatoms. The van der Waals surface area contributed by atoms with Gasteiger partial charge in [0.2, 0.25) is 5.91 Å². The highest BCUT2D eigenvalue weighted by Gasteiger charge is 2.23. The van der Waals surface area contributed by atoms with Gasteiger partial charge < -0.3 is 15.0 Å². The van der Waals surface area contributed by atoms with Gasteiger partial charge in [-0.2, -0.15) is 0 Å². The maximum Gasteiger partial charge on any atom is 0.408 e. The summed E-state index contributed by atoms with van der Waals surface area (Å²) in [6.07, 6.45) is 3.76. The predicted octanol–water partition coefficient (Wildman–Crippen LogP) is 3.98. The summed E-state index contributed by atoms with van der Waals surface area (Å²) in [7, 11) is 0. The standard InChI is InChI=1S/C23H32N2O4/c1-6-17(13-20(26)16(2)24-22(28)29-23(3,4)5)11-12-21(27)25-14-18-9-7-8-10-19(18)15-25/h7-12,16-17H,6,13-15H2,1-5H3,(H,24,28)/b12-11+/t16-,17-/m0/s1. The zero-order valence-electron chi connectivity index (χ0n) is 18.0. The lowest BCUT2D eigenvalue weighted by Gasteiger charge is -2.22. The quantitative estimate of drug-likeness (QED) is 0.703. The molecule has 6 nitrogen and oxygen atoms in total. The van der Waals surface area contributed by atoms with E-state index >= 15 is 0 Å². The van der Waals surface area contributed by atoms with Crippen LogP contribution in [0.15, 0.2) is 36.4 Å². The van der Waals surface area contributed by atoms with Crippen molar-refractivity contribution in [2.45, 2.75) is 72.2 Å². The molecule has 0 spiro atoms. The first kappa shape index (κ1) is 22.7. The van der Waals surface area contributed by atoms with Gasteiger partial charge in [-0.15, -0.1) is 0 Å². The molecule has 0 aromatic heterocycles. The number of fused-ring (bicyclic) bond motifs is 1. The highest BCUT2D eigenvalue weighted by Crippen LogP contribution is 2.22. The van der Waals surface area contributed by atoms with E-state index in [-0.39, 0.29) is 24.0 Å². The average Bonchev–Trinajstić information content (AvgIpc) is 3.07. The Morgan fingerprint density at radius 2 is 1.76 bits per heavy atom. The van der Waals surface area contributed by atoms with E-state index in [1.54, 1.807) is 38.7 Å². The number of carbonyl (C=O) groups excluding carboxylic acids is 3. The molecule has 0 unspecified atom stereocenters. The van der Waals surface area contributed by atoms with E-state index in [2.05, 4.69) is 5.32 Å². The molecule has 2 amide bonds. The first-order valence-electron chi connectivity index (χ1n) is 10.1. The van der Waals surface area contributed by atoms with Crippen LogP contribution in [0, 0.1) is 5.92 Å². The number of carbonyl (C=O) groups is 3. The zero-order chi connectivity index (χ0) is 21.6. The van der Waals surface area contributed by atoms with Crippen LogP contribution in [0.2, 0.25) is 0 Å². The largest absolute Gasteiger partial charge is 0.444 e. The van der Waals surface area contributed by atoms with Crippen LogP contribution in [0.25, 0.3) is 0 Å². The highest BCUT2D eigenvalue weighted by atomic mass is 16.6. The number of nitrogens with zero attached hydrogens (tertiary/aromatic N) is 1. The minimum atomic E-state index is -0.643. The van der Waals surface area contributed by atoms with Gasteiger partial charge in [-0.1, -0.05) is 37.3 Å². The minimum Gasteiger partial charge on any atom is -0.444 e. The van der Waals surface area contributed by atoms with Crippen LogP contribution in [-0.2, 0) is 27.4 Å². The second-order valence-corrected chi connectivity index (χ2v) is 8.53. The van der Waals surface area contributed by atoms with E-state index < -0.39 is 17.7 Å². The molecule has 2 rings (SSSR count). The van der Waals surface area contributed by atoms with Crippen LogP contribution in [0.4, 0.5) is 4.79 Å². The first-order valence-corrected chi connectivity index (χ1v) is 10.1. The number of rotatable bonds is 7. The van der Waals surface area contributed by atoms with E-state index in [0.29, 0.717) is 13.1 Å².